The monoisotopic (exact) mass is 370 g/mol. The summed E-state index contributed by atoms with van der Waals surface area (Å²) in [5.41, 5.74) is -0.100. The van der Waals surface area contributed by atoms with E-state index in [2.05, 4.69) is 20.6 Å². The average molecular weight is 370 g/mol. The van der Waals surface area contributed by atoms with E-state index < -0.39 is 22.8 Å². The number of nitro benzene ring substituents is 1. The molecule has 2 aromatic rings. The van der Waals surface area contributed by atoms with Crippen LogP contribution in [0.25, 0.3) is 0 Å². The van der Waals surface area contributed by atoms with Crippen molar-refractivity contribution in [2.24, 2.45) is 0 Å². The molecule has 0 unspecified atom stereocenters. The van der Waals surface area contributed by atoms with Gasteiger partial charge in [-0.25, -0.2) is 14.8 Å². The SMILES string of the molecule is O=C(NCCCN1C(=O)c2ccc([N+](=O)[O-])cc2C1=O)Nc1ncccn1. The molecule has 3 rings (SSSR count). The molecule has 0 bridgehead atoms. The highest BCUT2D eigenvalue weighted by Gasteiger charge is 2.36. The summed E-state index contributed by atoms with van der Waals surface area (Å²) in [6.45, 7) is 0.272. The highest BCUT2D eigenvalue weighted by molar-refractivity contribution is 6.21. The van der Waals surface area contributed by atoms with Gasteiger partial charge in [0.2, 0.25) is 5.95 Å². The fraction of sp³-hybridized carbons (Fsp3) is 0.188. The number of hydrogen-bond acceptors (Lipinski definition) is 7. The van der Waals surface area contributed by atoms with Gasteiger partial charge >= 0.3 is 6.03 Å². The van der Waals surface area contributed by atoms with Crippen LogP contribution < -0.4 is 10.6 Å². The van der Waals surface area contributed by atoms with E-state index >= 15 is 0 Å². The molecule has 1 aliphatic heterocycles. The largest absolute Gasteiger partial charge is 0.338 e. The maximum atomic E-state index is 12.3. The second-order valence-corrected chi connectivity index (χ2v) is 5.56. The molecule has 11 heteroatoms. The van der Waals surface area contributed by atoms with E-state index in [1.165, 1.54) is 24.5 Å². The predicted molar refractivity (Wildman–Crippen MR) is 92.1 cm³/mol. The number of benzene rings is 1. The van der Waals surface area contributed by atoms with Crippen molar-refractivity contribution in [1.29, 1.82) is 0 Å². The van der Waals surface area contributed by atoms with E-state index in [1.807, 2.05) is 0 Å². The van der Waals surface area contributed by atoms with Crippen molar-refractivity contribution in [2.45, 2.75) is 6.42 Å². The summed E-state index contributed by atoms with van der Waals surface area (Å²) in [7, 11) is 0. The Morgan fingerprint density at radius 2 is 1.85 bits per heavy atom. The van der Waals surface area contributed by atoms with Crippen LogP contribution in [0.2, 0.25) is 0 Å². The minimum atomic E-state index is -0.625. The highest BCUT2D eigenvalue weighted by Crippen LogP contribution is 2.26. The summed E-state index contributed by atoms with van der Waals surface area (Å²) >= 11 is 0. The zero-order valence-electron chi connectivity index (χ0n) is 13.9. The number of aromatic nitrogens is 2. The quantitative estimate of drug-likeness (QED) is 0.336. The van der Waals surface area contributed by atoms with Gasteiger partial charge in [0.05, 0.1) is 16.1 Å². The van der Waals surface area contributed by atoms with Crippen molar-refractivity contribution in [3.63, 3.8) is 0 Å². The Morgan fingerprint density at radius 3 is 2.56 bits per heavy atom. The molecule has 1 aromatic carbocycles. The maximum Gasteiger partial charge on any atom is 0.321 e. The number of carbonyl (C=O) groups is 3. The van der Waals surface area contributed by atoms with Gasteiger partial charge in [-0.15, -0.1) is 0 Å². The van der Waals surface area contributed by atoms with Crippen molar-refractivity contribution < 1.29 is 19.3 Å². The summed E-state index contributed by atoms with van der Waals surface area (Å²) in [5.74, 6) is -0.940. The van der Waals surface area contributed by atoms with Gasteiger partial charge in [-0.2, -0.15) is 0 Å². The topological polar surface area (TPSA) is 147 Å². The molecule has 0 saturated heterocycles. The predicted octanol–water partition coefficient (Wildman–Crippen LogP) is 1.19. The zero-order chi connectivity index (χ0) is 19.4. The van der Waals surface area contributed by atoms with Crippen LogP contribution in [0.3, 0.4) is 0 Å². The van der Waals surface area contributed by atoms with Gasteiger partial charge in [0.1, 0.15) is 0 Å². The third kappa shape index (κ3) is 3.86. The number of rotatable bonds is 6. The molecule has 11 nitrogen and oxygen atoms in total. The lowest BCUT2D eigenvalue weighted by Crippen LogP contribution is -2.35. The Hall–Kier alpha value is -3.89. The van der Waals surface area contributed by atoms with Crippen LogP contribution in [0.4, 0.5) is 16.4 Å². The summed E-state index contributed by atoms with van der Waals surface area (Å²) in [6.07, 6.45) is 3.28. The normalized spacial score (nSPS) is 12.7. The molecule has 0 atom stereocenters. The zero-order valence-corrected chi connectivity index (χ0v) is 13.9. The Balaban J connectivity index is 1.51. The number of carbonyl (C=O) groups excluding carboxylic acids is 3. The minimum Gasteiger partial charge on any atom is -0.338 e. The molecule has 2 heterocycles. The Morgan fingerprint density at radius 1 is 1.15 bits per heavy atom. The molecule has 138 valence electrons. The van der Waals surface area contributed by atoms with Gasteiger partial charge in [0.15, 0.2) is 0 Å². The van der Waals surface area contributed by atoms with E-state index in [0.29, 0.717) is 6.42 Å². The lowest BCUT2D eigenvalue weighted by atomic mass is 10.1. The molecule has 0 saturated carbocycles. The fourth-order valence-corrected chi connectivity index (χ4v) is 2.54. The van der Waals surface area contributed by atoms with Crippen molar-refractivity contribution in [1.82, 2.24) is 20.2 Å². The van der Waals surface area contributed by atoms with Crippen LogP contribution in [0.15, 0.2) is 36.7 Å². The lowest BCUT2D eigenvalue weighted by molar-refractivity contribution is -0.384. The van der Waals surface area contributed by atoms with Crippen molar-refractivity contribution >= 4 is 29.5 Å². The second kappa shape index (κ2) is 7.56. The van der Waals surface area contributed by atoms with Crippen LogP contribution in [-0.2, 0) is 0 Å². The van der Waals surface area contributed by atoms with E-state index in [-0.39, 0.29) is 35.9 Å². The van der Waals surface area contributed by atoms with Crippen LogP contribution in [-0.4, -0.2) is 50.7 Å². The fourth-order valence-electron chi connectivity index (χ4n) is 2.54. The Bertz CT molecular complexity index is 917. The van der Waals surface area contributed by atoms with E-state index in [4.69, 9.17) is 0 Å². The second-order valence-electron chi connectivity index (χ2n) is 5.56. The molecule has 0 spiro atoms. The number of nitro groups is 1. The van der Waals surface area contributed by atoms with Crippen LogP contribution in [0, 0.1) is 10.1 Å². The molecule has 0 fully saturated rings. The third-order valence-electron chi connectivity index (χ3n) is 3.80. The molecule has 4 amide bonds. The molecule has 0 aliphatic carbocycles. The molecule has 1 aliphatic rings. The van der Waals surface area contributed by atoms with E-state index in [0.717, 1.165) is 11.0 Å². The first kappa shape index (κ1) is 17.9. The standard InChI is InChI=1S/C16H14N6O5/c23-13-11-4-3-10(22(26)27)9-12(11)14(24)21(13)8-2-7-19-16(25)20-15-17-5-1-6-18-15/h1,3-6,9H,2,7-8H2,(H2,17,18,19,20,25). The molecule has 27 heavy (non-hydrogen) atoms. The smallest absolute Gasteiger partial charge is 0.321 e. The van der Waals surface area contributed by atoms with E-state index in [9.17, 15) is 24.5 Å². The number of nitrogens with zero attached hydrogens (tertiary/aromatic N) is 4. The lowest BCUT2D eigenvalue weighted by Gasteiger charge is -2.13. The Labute approximate surface area is 152 Å². The van der Waals surface area contributed by atoms with Gasteiger partial charge < -0.3 is 5.32 Å². The number of nitrogens with one attached hydrogen (secondary N) is 2. The van der Waals surface area contributed by atoms with Gasteiger partial charge in [0.25, 0.3) is 17.5 Å². The third-order valence-corrected chi connectivity index (χ3v) is 3.80. The van der Waals surface area contributed by atoms with Gasteiger partial charge in [-0.3, -0.25) is 29.9 Å². The minimum absolute atomic E-state index is 0.0149. The number of fused-ring (bicyclic) bond motifs is 1. The Kier molecular flexibility index (Phi) is 5.01. The highest BCUT2D eigenvalue weighted by atomic mass is 16.6. The summed E-state index contributed by atoms with van der Waals surface area (Å²) in [4.78, 5) is 55.2. The summed E-state index contributed by atoms with van der Waals surface area (Å²) in [5, 5.41) is 15.8. The molecular weight excluding hydrogens is 356 g/mol. The number of hydrogen-bond donors (Lipinski definition) is 2. The number of imide groups is 1. The summed E-state index contributed by atoms with van der Waals surface area (Å²) in [6, 6.07) is 4.66. The first-order chi connectivity index (χ1) is 13.0. The number of amides is 4. The van der Waals surface area contributed by atoms with E-state index in [1.54, 1.807) is 6.07 Å². The van der Waals surface area contributed by atoms with Gasteiger partial charge in [-0.1, -0.05) is 0 Å². The van der Waals surface area contributed by atoms with Crippen molar-refractivity contribution in [3.05, 3.63) is 57.9 Å². The maximum absolute atomic E-state index is 12.3. The molecular formula is C16H14N6O5. The van der Waals surface area contributed by atoms with Gasteiger partial charge in [0, 0.05) is 37.6 Å². The number of urea groups is 1. The molecule has 0 radical (unpaired) electrons. The first-order valence-electron chi connectivity index (χ1n) is 7.94. The van der Waals surface area contributed by atoms with Gasteiger partial charge in [-0.05, 0) is 18.6 Å². The van der Waals surface area contributed by atoms with Crippen molar-refractivity contribution in [3.8, 4) is 0 Å². The number of non-ortho nitro benzene ring substituents is 1. The number of anilines is 1. The van der Waals surface area contributed by atoms with Crippen LogP contribution in [0.1, 0.15) is 27.1 Å². The summed E-state index contributed by atoms with van der Waals surface area (Å²) < 4.78 is 0. The average Bonchev–Trinajstić information content (AvgIpc) is 2.90. The molecule has 2 N–H and O–H groups in total. The molecule has 1 aromatic heterocycles. The first-order valence-corrected chi connectivity index (χ1v) is 7.94. The van der Waals surface area contributed by atoms with Crippen LogP contribution in [0.5, 0.6) is 0 Å². The van der Waals surface area contributed by atoms with Crippen LogP contribution >= 0.6 is 0 Å². The van der Waals surface area contributed by atoms with Crippen molar-refractivity contribution in [2.75, 3.05) is 18.4 Å².